The van der Waals surface area contributed by atoms with Crippen LogP contribution in [0.25, 0.3) is 10.9 Å². The molecule has 1 aromatic heterocycles. The lowest BCUT2D eigenvalue weighted by Crippen LogP contribution is -2.44. The van der Waals surface area contributed by atoms with Crippen molar-refractivity contribution in [1.29, 1.82) is 0 Å². The van der Waals surface area contributed by atoms with Gasteiger partial charge in [-0.15, -0.1) is 12.4 Å². The van der Waals surface area contributed by atoms with Gasteiger partial charge in [0.25, 0.3) is 0 Å². The number of aromatic carboxylic acids is 1. The molecule has 2 atom stereocenters. The number of aromatic nitrogens is 1. The third-order valence-corrected chi connectivity index (χ3v) is 5.79. The molecule has 4 N–H and O–H groups in total. The van der Waals surface area contributed by atoms with Gasteiger partial charge in [0.1, 0.15) is 28.2 Å². The Labute approximate surface area is 170 Å². The molecule has 8 nitrogen and oxygen atoms in total. The quantitative estimate of drug-likeness (QED) is 0.667. The van der Waals surface area contributed by atoms with Crippen molar-refractivity contribution in [2.45, 2.75) is 12.0 Å². The monoisotopic (exact) mass is 430 g/mol. The lowest BCUT2D eigenvalue weighted by atomic mass is 9.91. The van der Waals surface area contributed by atoms with Crippen LogP contribution < -0.4 is 21.5 Å². The molecule has 0 radical (unpaired) electrons. The zero-order valence-electron chi connectivity index (χ0n) is 15.6. The predicted octanol–water partition coefficient (Wildman–Crippen LogP) is 1.13. The fourth-order valence-electron chi connectivity index (χ4n) is 4.36. The van der Waals surface area contributed by atoms with E-state index in [4.69, 9.17) is 10.5 Å². The minimum Gasteiger partial charge on any atom is -0.477 e. The molecule has 2 aliphatic heterocycles. The molecule has 1 aromatic carbocycles. The van der Waals surface area contributed by atoms with Crippen molar-refractivity contribution in [3.63, 3.8) is 0 Å². The van der Waals surface area contributed by atoms with Crippen molar-refractivity contribution in [3.05, 3.63) is 39.7 Å². The summed E-state index contributed by atoms with van der Waals surface area (Å²) in [6.07, 6.45) is 1.74. The molecule has 4 rings (SSSR count). The second-order valence-corrected chi connectivity index (χ2v) is 7.17. The first kappa shape index (κ1) is 21.3. The highest BCUT2D eigenvalue weighted by Crippen LogP contribution is 2.42. The van der Waals surface area contributed by atoms with E-state index < -0.39 is 34.2 Å². The average molecular weight is 431 g/mol. The molecule has 11 heteroatoms. The summed E-state index contributed by atoms with van der Waals surface area (Å²) in [5, 5.41) is 8.85. The zero-order valence-corrected chi connectivity index (χ0v) is 16.4. The third-order valence-electron chi connectivity index (χ3n) is 5.79. The molecule has 2 unspecified atom stereocenters. The van der Waals surface area contributed by atoms with Crippen molar-refractivity contribution in [3.8, 4) is 0 Å². The number of carboxylic acids is 1. The van der Waals surface area contributed by atoms with E-state index in [1.54, 1.807) is 4.90 Å². The SMILES string of the molecule is CNn1cc(C(=O)O)c(=O)c2cc(F)c(N3CC4CCOC4(CN)C3)c(F)c21.Cl. The Hall–Kier alpha value is -2.43. The van der Waals surface area contributed by atoms with Crippen molar-refractivity contribution in [1.82, 2.24) is 4.68 Å². The maximum absolute atomic E-state index is 15.4. The highest BCUT2D eigenvalue weighted by molar-refractivity contribution is 5.94. The van der Waals surface area contributed by atoms with E-state index in [-0.39, 0.29) is 48.0 Å². The van der Waals surface area contributed by atoms with Gasteiger partial charge < -0.3 is 25.9 Å². The first-order valence-electron chi connectivity index (χ1n) is 8.90. The average Bonchev–Trinajstić information content (AvgIpc) is 3.19. The first-order valence-corrected chi connectivity index (χ1v) is 8.90. The van der Waals surface area contributed by atoms with Crippen LogP contribution in [-0.4, -0.2) is 54.6 Å². The summed E-state index contributed by atoms with van der Waals surface area (Å²) >= 11 is 0. The topological polar surface area (TPSA) is 110 Å². The number of carbonyl (C=O) groups is 1. The molecular weight excluding hydrogens is 410 g/mol. The van der Waals surface area contributed by atoms with Crippen molar-refractivity contribution < 1.29 is 23.4 Å². The Bertz CT molecular complexity index is 1050. The van der Waals surface area contributed by atoms with Crippen molar-refractivity contribution in [2.24, 2.45) is 11.7 Å². The first-order chi connectivity index (χ1) is 13.3. The number of nitrogens with two attached hydrogens (primary N) is 1. The highest BCUT2D eigenvalue weighted by Gasteiger charge is 2.51. The van der Waals surface area contributed by atoms with Gasteiger partial charge in [-0.25, -0.2) is 13.6 Å². The number of pyridine rings is 1. The number of ether oxygens (including phenoxy) is 1. The second-order valence-electron chi connectivity index (χ2n) is 7.17. The summed E-state index contributed by atoms with van der Waals surface area (Å²) in [4.78, 5) is 25.3. The van der Waals surface area contributed by atoms with Gasteiger partial charge in [-0.2, -0.15) is 0 Å². The third kappa shape index (κ3) is 3.02. The number of fused-ring (bicyclic) bond motifs is 2. The number of carboxylic acid groups (broad SMARTS) is 1. The molecule has 0 aliphatic carbocycles. The van der Waals surface area contributed by atoms with Gasteiger partial charge in [-0.3, -0.25) is 9.47 Å². The summed E-state index contributed by atoms with van der Waals surface area (Å²) in [6.45, 7) is 1.43. The van der Waals surface area contributed by atoms with Gasteiger partial charge in [-0.05, 0) is 12.5 Å². The van der Waals surface area contributed by atoms with Crippen molar-refractivity contribution in [2.75, 3.05) is 43.6 Å². The molecule has 2 fully saturated rings. The number of halogens is 3. The fraction of sp³-hybridized carbons (Fsp3) is 0.444. The van der Waals surface area contributed by atoms with E-state index in [9.17, 15) is 19.1 Å². The Balaban J connectivity index is 0.00000240. The molecule has 0 amide bonds. The maximum Gasteiger partial charge on any atom is 0.341 e. The van der Waals surface area contributed by atoms with Crippen LogP contribution >= 0.6 is 12.4 Å². The van der Waals surface area contributed by atoms with Crippen LogP contribution in [0, 0.1) is 17.6 Å². The lowest BCUT2D eigenvalue weighted by molar-refractivity contribution is 0.0126. The highest BCUT2D eigenvalue weighted by atomic mass is 35.5. The summed E-state index contributed by atoms with van der Waals surface area (Å²) in [5.41, 5.74) is 5.84. The van der Waals surface area contributed by atoms with Crippen LogP contribution in [0.1, 0.15) is 16.8 Å². The molecule has 2 aliphatic rings. The summed E-state index contributed by atoms with van der Waals surface area (Å²) in [5.74, 6) is -3.28. The molecule has 29 heavy (non-hydrogen) atoms. The standard InChI is InChI=1S/C18H20F2N4O4.ClH/c1-22-24-6-11(17(26)27)16(25)10-4-12(19)15(13(20)14(10)24)23-5-9-2-3-28-18(9,7-21)8-23;/h4,6,9,22H,2-3,5,7-8,21H2,1H3,(H,26,27);1H. The van der Waals surface area contributed by atoms with E-state index >= 15 is 4.39 Å². The van der Waals surface area contributed by atoms with Gasteiger partial charge in [-0.1, -0.05) is 0 Å². The normalized spacial score (nSPS) is 23.2. The largest absolute Gasteiger partial charge is 0.477 e. The fourth-order valence-corrected chi connectivity index (χ4v) is 4.36. The van der Waals surface area contributed by atoms with Gasteiger partial charge in [0.2, 0.25) is 5.43 Å². The minimum absolute atomic E-state index is 0. The van der Waals surface area contributed by atoms with E-state index in [0.29, 0.717) is 13.2 Å². The summed E-state index contributed by atoms with van der Waals surface area (Å²) in [7, 11) is 1.44. The Morgan fingerprint density at radius 1 is 1.48 bits per heavy atom. The molecular formula is C18H21ClF2N4O4. The number of benzene rings is 1. The predicted molar refractivity (Wildman–Crippen MR) is 106 cm³/mol. The van der Waals surface area contributed by atoms with Crippen LogP contribution in [0.15, 0.2) is 17.1 Å². The van der Waals surface area contributed by atoms with Gasteiger partial charge in [0.05, 0.1) is 5.39 Å². The minimum atomic E-state index is -1.48. The van der Waals surface area contributed by atoms with Gasteiger partial charge >= 0.3 is 5.97 Å². The molecule has 2 saturated heterocycles. The second kappa shape index (κ2) is 7.43. The molecule has 0 saturated carbocycles. The van der Waals surface area contributed by atoms with E-state index in [0.717, 1.165) is 23.4 Å². The van der Waals surface area contributed by atoms with Gasteiger partial charge in [0.15, 0.2) is 5.82 Å². The number of anilines is 1. The number of nitrogens with zero attached hydrogens (tertiary/aromatic N) is 2. The number of hydrogen-bond acceptors (Lipinski definition) is 6. The van der Waals surface area contributed by atoms with E-state index in [1.165, 1.54) is 7.05 Å². The molecule has 158 valence electrons. The van der Waals surface area contributed by atoms with Crippen LogP contribution in [0.3, 0.4) is 0 Å². The lowest BCUT2D eigenvalue weighted by Gasteiger charge is -2.27. The van der Waals surface area contributed by atoms with E-state index in [1.807, 2.05) is 0 Å². The number of nitrogens with one attached hydrogen (secondary N) is 1. The summed E-state index contributed by atoms with van der Waals surface area (Å²) < 4.78 is 37.2. The van der Waals surface area contributed by atoms with Crippen LogP contribution in [0.2, 0.25) is 0 Å². The Kier molecular flexibility index (Phi) is 5.46. The van der Waals surface area contributed by atoms with Crippen LogP contribution in [0.5, 0.6) is 0 Å². The van der Waals surface area contributed by atoms with Crippen LogP contribution in [0.4, 0.5) is 14.5 Å². The Morgan fingerprint density at radius 2 is 2.21 bits per heavy atom. The zero-order chi connectivity index (χ0) is 20.2. The maximum atomic E-state index is 15.4. The molecule has 3 heterocycles. The Morgan fingerprint density at radius 3 is 2.79 bits per heavy atom. The number of hydrogen-bond donors (Lipinski definition) is 3. The van der Waals surface area contributed by atoms with Crippen molar-refractivity contribution >= 4 is 35.0 Å². The molecule has 0 bridgehead atoms. The van der Waals surface area contributed by atoms with E-state index in [2.05, 4.69) is 5.43 Å². The number of rotatable bonds is 4. The molecule has 2 aromatic rings. The van der Waals surface area contributed by atoms with Gasteiger partial charge in [0, 0.05) is 45.4 Å². The summed E-state index contributed by atoms with van der Waals surface area (Å²) in [6, 6.07) is 0.889. The van der Waals surface area contributed by atoms with Crippen LogP contribution in [-0.2, 0) is 4.74 Å². The smallest absolute Gasteiger partial charge is 0.341 e. The molecule has 0 spiro atoms.